The molecular formula is C18H18N4O2. The first kappa shape index (κ1) is 14.7. The van der Waals surface area contributed by atoms with Crippen LogP contribution in [0.25, 0.3) is 0 Å². The molecule has 1 aliphatic heterocycles. The lowest BCUT2D eigenvalue weighted by Crippen LogP contribution is -2.29. The lowest BCUT2D eigenvalue weighted by molar-refractivity contribution is 0.0789. The van der Waals surface area contributed by atoms with Crippen molar-refractivity contribution in [2.75, 3.05) is 13.1 Å². The largest absolute Gasteiger partial charge is 0.469 e. The van der Waals surface area contributed by atoms with E-state index in [2.05, 4.69) is 10.1 Å². The lowest BCUT2D eigenvalue weighted by Gasteiger charge is -2.18. The highest BCUT2D eigenvalue weighted by Gasteiger charge is 2.30. The van der Waals surface area contributed by atoms with Crippen molar-refractivity contribution in [2.45, 2.75) is 18.9 Å². The van der Waals surface area contributed by atoms with Gasteiger partial charge < -0.3 is 9.32 Å². The minimum atomic E-state index is 0.0692. The van der Waals surface area contributed by atoms with Crippen molar-refractivity contribution >= 4 is 5.91 Å². The van der Waals surface area contributed by atoms with Crippen molar-refractivity contribution < 1.29 is 9.21 Å². The maximum atomic E-state index is 13.0. The molecule has 0 saturated carbocycles. The van der Waals surface area contributed by atoms with Gasteiger partial charge in [-0.05, 0) is 30.2 Å². The van der Waals surface area contributed by atoms with Gasteiger partial charge in [-0.3, -0.25) is 4.79 Å². The molecule has 1 saturated heterocycles. The van der Waals surface area contributed by atoms with Crippen LogP contribution in [0.15, 0.2) is 59.7 Å². The van der Waals surface area contributed by atoms with Crippen LogP contribution in [-0.4, -0.2) is 38.7 Å². The fourth-order valence-corrected chi connectivity index (χ4v) is 3.23. The van der Waals surface area contributed by atoms with Crippen LogP contribution in [0.1, 0.15) is 34.0 Å². The average Bonchev–Trinajstić information content (AvgIpc) is 3.35. The minimum Gasteiger partial charge on any atom is -0.469 e. The molecule has 0 aliphatic carbocycles. The zero-order valence-corrected chi connectivity index (χ0v) is 13.2. The van der Waals surface area contributed by atoms with E-state index in [-0.39, 0.29) is 11.8 Å². The number of carbonyl (C=O) groups excluding carboxylic acids is 1. The number of benzene rings is 1. The van der Waals surface area contributed by atoms with Gasteiger partial charge in [-0.2, -0.15) is 5.10 Å². The van der Waals surface area contributed by atoms with Crippen LogP contribution >= 0.6 is 0 Å². The van der Waals surface area contributed by atoms with Crippen LogP contribution < -0.4 is 0 Å². The van der Waals surface area contributed by atoms with Gasteiger partial charge in [0.1, 0.15) is 18.4 Å². The van der Waals surface area contributed by atoms with E-state index in [1.54, 1.807) is 17.3 Å². The van der Waals surface area contributed by atoms with E-state index in [1.807, 2.05) is 41.3 Å². The molecule has 0 unspecified atom stereocenters. The molecule has 1 atom stereocenters. The van der Waals surface area contributed by atoms with E-state index in [1.165, 1.54) is 6.33 Å². The molecule has 3 aromatic rings. The summed E-state index contributed by atoms with van der Waals surface area (Å²) in [6.45, 7) is 1.99. The van der Waals surface area contributed by atoms with Crippen LogP contribution in [-0.2, 0) is 6.54 Å². The van der Waals surface area contributed by atoms with Crippen molar-refractivity contribution in [3.63, 3.8) is 0 Å². The predicted octanol–water partition coefficient (Wildman–Crippen LogP) is 2.55. The van der Waals surface area contributed by atoms with E-state index in [0.717, 1.165) is 29.9 Å². The number of likely N-dealkylation sites (tertiary alicyclic amines) is 1. The van der Waals surface area contributed by atoms with Gasteiger partial charge in [0.15, 0.2) is 0 Å². The molecule has 4 rings (SSSR count). The second-order valence-corrected chi connectivity index (χ2v) is 6.00. The summed E-state index contributed by atoms with van der Waals surface area (Å²) in [6.07, 6.45) is 5.78. The van der Waals surface area contributed by atoms with Gasteiger partial charge in [0, 0.05) is 24.6 Å². The number of hydrogen-bond acceptors (Lipinski definition) is 4. The third-order valence-corrected chi connectivity index (χ3v) is 4.47. The van der Waals surface area contributed by atoms with Gasteiger partial charge in [-0.25, -0.2) is 9.67 Å². The highest BCUT2D eigenvalue weighted by Crippen LogP contribution is 2.28. The number of carbonyl (C=O) groups is 1. The van der Waals surface area contributed by atoms with Crippen molar-refractivity contribution in [2.24, 2.45) is 0 Å². The van der Waals surface area contributed by atoms with Crippen LogP contribution in [0.3, 0.4) is 0 Å². The number of aromatic nitrogens is 3. The fourth-order valence-electron chi connectivity index (χ4n) is 3.23. The SMILES string of the molecule is O=C(c1ccccc1Cn1cncn1)N1CC[C@@H](c2ccco2)C1. The summed E-state index contributed by atoms with van der Waals surface area (Å²) in [4.78, 5) is 18.8. The molecule has 1 amide bonds. The van der Waals surface area contributed by atoms with Crippen molar-refractivity contribution in [3.05, 3.63) is 72.2 Å². The van der Waals surface area contributed by atoms with E-state index < -0.39 is 0 Å². The summed E-state index contributed by atoms with van der Waals surface area (Å²) < 4.78 is 7.21. The zero-order valence-electron chi connectivity index (χ0n) is 13.2. The average molecular weight is 322 g/mol. The topological polar surface area (TPSA) is 64.2 Å². The lowest BCUT2D eigenvalue weighted by atomic mass is 10.1. The highest BCUT2D eigenvalue weighted by atomic mass is 16.3. The van der Waals surface area contributed by atoms with E-state index in [9.17, 15) is 4.79 Å². The molecule has 122 valence electrons. The smallest absolute Gasteiger partial charge is 0.254 e. The van der Waals surface area contributed by atoms with Gasteiger partial charge in [0.25, 0.3) is 5.91 Å². The van der Waals surface area contributed by atoms with E-state index in [4.69, 9.17) is 4.42 Å². The Bertz CT molecular complexity index is 811. The minimum absolute atomic E-state index is 0.0692. The van der Waals surface area contributed by atoms with Crippen LogP contribution in [0, 0.1) is 0 Å². The molecule has 0 bridgehead atoms. The Morgan fingerprint density at radius 2 is 2.17 bits per heavy atom. The van der Waals surface area contributed by atoms with Crippen molar-refractivity contribution in [3.8, 4) is 0 Å². The van der Waals surface area contributed by atoms with Crippen molar-refractivity contribution in [1.82, 2.24) is 19.7 Å². The summed E-state index contributed by atoms with van der Waals surface area (Å²) in [5.41, 5.74) is 1.68. The summed E-state index contributed by atoms with van der Waals surface area (Å²) >= 11 is 0. The number of hydrogen-bond donors (Lipinski definition) is 0. The van der Waals surface area contributed by atoms with Gasteiger partial charge >= 0.3 is 0 Å². The molecule has 6 heteroatoms. The Morgan fingerprint density at radius 1 is 1.25 bits per heavy atom. The number of amides is 1. The molecule has 1 aliphatic rings. The number of rotatable bonds is 4. The molecule has 2 aromatic heterocycles. The quantitative estimate of drug-likeness (QED) is 0.740. The molecule has 0 radical (unpaired) electrons. The fraction of sp³-hybridized carbons (Fsp3) is 0.278. The molecule has 24 heavy (non-hydrogen) atoms. The number of nitrogens with zero attached hydrogens (tertiary/aromatic N) is 4. The van der Waals surface area contributed by atoms with Gasteiger partial charge in [-0.15, -0.1) is 0 Å². The predicted molar refractivity (Wildman–Crippen MR) is 87.5 cm³/mol. The second-order valence-electron chi connectivity index (χ2n) is 6.00. The van der Waals surface area contributed by atoms with Crippen LogP contribution in [0.4, 0.5) is 0 Å². The Labute approximate surface area is 139 Å². The van der Waals surface area contributed by atoms with Crippen LogP contribution in [0.5, 0.6) is 0 Å². The van der Waals surface area contributed by atoms with Gasteiger partial charge in [0.05, 0.1) is 12.8 Å². The van der Waals surface area contributed by atoms with E-state index in [0.29, 0.717) is 13.1 Å². The Kier molecular flexibility index (Phi) is 3.86. The first-order chi connectivity index (χ1) is 11.8. The molecule has 3 heterocycles. The summed E-state index contributed by atoms with van der Waals surface area (Å²) in [5.74, 6) is 1.31. The maximum Gasteiger partial charge on any atom is 0.254 e. The third kappa shape index (κ3) is 2.82. The van der Waals surface area contributed by atoms with Crippen molar-refractivity contribution in [1.29, 1.82) is 0 Å². The van der Waals surface area contributed by atoms with E-state index >= 15 is 0 Å². The van der Waals surface area contributed by atoms with Gasteiger partial charge in [-0.1, -0.05) is 18.2 Å². The normalized spacial score (nSPS) is 17.3. The zero-order chi connectivity index (χ0) is 16.4. The summed E-state index contributed by atoms with van der Waals surface area (Å²) in [7, 11) is 0. The first-order valence-electron chi connectivity index (χ1n) is 8.04. The van der Waals surface area contributed by atoms with Gasteiger partial charge in [0.2, 0.25) is 0 Å². The third-order valence-electron chi connectivity index (χ3n) is 4.47. The molecule has 0 N–H and O–H groups in total. The maximum absolute atomic E-state index is 13.0. The Hall–Kier alpha value is -2.89. The molecule has 1 fully saturated rings. The molecular weight excluding hydrogens is 304 g/mol. The monoisotopic (exact) mass is 322 g/mol. The molecule has 6 nitrogen and oxygen atoms in total. The molecule has 0 spiro atoms. The highest BCUT2D eigenvalue weighted by molar-refractivity contribution is 5.96. The Balaban J connectivity index is 1.53. The molecule has 1 aromatic carbocycles. The van der Waals surface area contributed by atoms with Crippen LogP contribution in [0.2, 0.25) is 0 Å². The summed E-state index contributed by atoms with van der Waals surface area (Å²) in [5, 5.41) is 4.12. The summed E-state index contributed by atoms with van der Waals surface area (Å²) in [6, 6.07) is 11.6. The standard InChI is InChI=1S/C18H18N4O2/c23-18(21-8-7-15(10-21)17-6-3-9-24-17)16-5-2-1-4-14(16)11-22-13-19-12-20-22/h1-6,9,12-13,15H,7-8,10-11H2/t15-/m1/s1. The Morgan fingerprint density at radius 3 is 2.96 bits per heavy atom. The number of furan rings is 1. The second kappa shape index (κ2) is 6.31. The first-order valence-corrected chi connectivity index (χ1v) is 8.04.